The van der Waals surface area contributed by atoms with Gasteiger partial charge in [-0.3, -0.25) is 0 Å². The fourth-order valence-corrected chi connectivity index (χ4v) is 4.40. The third kappa shape index (κ3) is 5.07. The summed E-state index contributed by atoms with van der Waals surface area (Å²) in [5.74, 6) is 1.33. The molecule has 0 saturated carbocycles. The number of rotatable bonds is 6. The van der Waals surface area contributed by atoms with E-state index in [1.54, 1.807) is 7.11 Å². The normalized spacial score (nSPS) is 15.3. The number of nitrogens with zero attached hydrogens (tertiary/aromatic N) is 1. The number of thiocarbonyl (C=S) groups is 1. The van der Waals surface area contributed by atoms with Crippen LogP contribution < -0.4 is 9.47 Å². The van der Waals surface area contributed by atoms with Crippen LogP contribution in [0.5, 0.6) is 11.5 Å². The molecular weight excluding hydrogens is 442 g/mol. The van der Waals surface area contributed by atoms with E-state index in [2.05, 4.69) is 4.90 Å². The lowest BCUT2D eigenvalue weighted by atomic mass is 9.84. The minimum Gasteiger partial charge on any atom is -0.493 e. The zero-order valence-corrected chi connectivity index (χ0v) is 19.5. The van der Waals surface area contributed by atoms with E-state index in [1.807, 2.05) is 72.8 Å². The summed E-state index contributed by atoms with van der Waals surface area (Å²) in [5.41, 5.74) is 2.04. The molecule has 6 heteroatoms. The Bertz CT molecular complexity index is 1060. The van der Waals surface area contributed by atoms with Crippen molar-refractivity contribution >= 4 is 28.8 Å². The molecule has 1 fully saturated rings. The molecule has 1 saturated heterocycles. The second kappa shape index (κ2) is 9.90. The van der Waals surface area contributed by atoms with Crippen LogP contribution in [0.2, 0.25) is 5.02 Å². The van der Waals surface area contributed by atoms with Crippen molar-refractivity contribution in [2.45, 2.75) is 25.0 Å². The zero-order valence-electron chi connectivity index (χ0n) is 18.0. The molecule has 0 bridgehead atoms. The van der Waals surface area contributed by atoms with E-state index in [9.17, 15) is 5.11 Å². The summed E-state index contributed by atoms with van der Waals surface area (Å²) in [6.45, 7) is 1.81. The number of ether oxygens (including phenoxy) is 2. The minimum absolute atomic E-state index is 0.469. The number of aliphatic hydroxyl groups is 1. The van der Waals surface area contributed by atoms with Crippen LogP contribution in [-0.4, -0.2) is 35.2 Å². The second-order valence-electron chi connectivity index (χ2n) is 7.97. The van der Waals surface area contributed by atoms with Gasteiger partial charge in [0, 0.05) is 23.7 Å². The van der Waals surface area contributed by atoms with Crippen molar-refractivity contribution < 1.29 is 14.6 Å². The van der Waals surface area contributed by atoms with E-state index >= 15 is 0 Å². The molecule has 32 heavy (non-hydrogen) atoms. The second-order valence-corrected chi connectivity index (χ2v) is 8.79. The Morgan fingerprint density at radius 1 is 1.00 bits per heavy atom. The van der Waals surface area contributed by atoms with E-state index in [0.29, 0.717) is 49.1 Å². The Balaban J connectivity index is 1.41. The molecule has 4 rings (SSSR count). The highest BCUT2D eigenvalue weighted by Gasteiger charge is 2.34. The zero-order chi connectivity index (χ0) is 22.6. The summed E-state index contributed by atoms with van der Waals surface area (Å²) in [6.07, 6.45) is 1.20. The van der Waals surface area contributed by atoms with Crippen molar-refractivity contribution in [3.8, 4) is 11.5 Å². The van der Waals surface area contributed by atoms with Crippen molar-refractivity contribution in [3.05, 3.63) is 94.5 Å². The molecule has 0 spiro atoms. The molecule has 0 radical (unpaired) electrons. The summed E-state index contributed by atoms with van der Waals surface area (Å²) >= 11 is 11.8. The monoisotopic (exact) mass is 467 g/mol. The van der Waals surface area contributed by atoms with Crippen LogP contribution in [0.1, 0.15) is 29.5 Å². The molecule has 4 nitrogen and oxygen atoms in total. The molecule has 0 unspecified atom stereocenters. The third-order valence-electron chi connectivity index (χ3n) is 5.91. The van der Waals surface area contributed by atoms with Gasteiger partial charge in [0.25, 0.3) is 0 Å². The lowest BCUT2D eigenvalue weighted by Crippen LogP contribution is -2.44. The number of hydrogen-bond donors (Lipinski definition) is 1. The van der Waals surface area contributed by atoms with Gasteiger partial charge >= 0.3 is 0 Å². The largest absolute Gasteiger partial charge is 0.493 e. The van der Waals surface area contributed by atoms with Gasteiger partial charge in [0.1, 0.15) is 11.6 Å². The van der Waals surface area contributed by atoms with Gasteiger partial charge in [-0.25, -0.2) is 0 Å². The van der Waals surface area contributed by atoms with Gasteiger partial charge in [-0.2, -0.15) is 0 Å². The van der Waals surface area contributed by atoms with Crippen molar-refractivity contribution in [1.29, 1.82) is 0 Å². The standard InChI is InChI=1S/C26H26ClNO3S/c1-30-24-17-20(7-12-23(24)31-18-19-5-3-2-4-6-19)25(32)28-15-13-26(29,14-16-28)21-8-10-22(27)11-9-21/h2-12,17,29H,13-16,18H2,1H3. The topological polar surface area (TPSA) is 41.9 Å². The molecule has 0 amide bonds. The Kier molecular flexibility index (Phi) is 6.99. The molecule has 1 N–H and O–H groups in total. The first-order valence-corrected chi connectivity index (χ1v) is 11.4. The van der Waals surface area contributed by atoms with E-state index in [1.165, 1.54) is 0 Å². The fraction of sp³-hybridized carbons (Fsp3) is 0.269. The molecule has 1 heterocycles. The maximum absolute atomic E-state index is 11.1. The summed E-state index contributed by atoms with van der Waals surface area (Å²) < 4.78 is 11.5. The predicted molar refractivity (Wildman–Crippen MR) is 132 cm³/mol. The highest BCUT2D eigenvalue weighted by Crippen LogP contribution is 2.35. The first kappa shape index (κ1) is 22.6. The first-order valence-electron chi connectivity index (χ1n) is 10.6. The lowest BCUT2D eigenvalue weighted by Gasteiger charge is -2.39. The van der Waals surface area contributed by atoms with Gasteiger partial charge in [-0.15, -0.1) is 0 Å². The van der Waals surface area contributed by atoms with Crippen LogP contribution in [0.25, 0.3) is 0 Å². The van der Waals surface area contributed by atoms with Crippen LogP contribution in [0.3, 0.4) is 0 Å². The summed E-state index contributed by atoms with van der Waals surface area (Å²) in [6, 6.07) is 23.2. The molecule has 0 aliphatic carbocycles. The van der Waals surface area contributed by atoms with E-state index in [0.717, 1.165) is 21.7 Å². The number of halogens is 1. The lowest BCUT2D eigenvalue weighted by molar-refractivity contribution is -0.0116. The minimum atomic E-state index is -0.858. The van der Waals surface area contributed by atoms with Gasteiger partial charge in [0.05, 0.1) is 12.7 Å². The SMILES string of the molecule is COc1cc(C(=S)N2CCC(O)(c3ccc(Cl)cc3)CC2)ccc1OCc1ccccc1. The van der Waals surface area contributed by atoms with Crippen molar-refractivity contribution in [2.75, 3.05) is 20.2 Å². The fourth-order valence-electron chi connectivity index (χ4n) is 3.97. The van der Waals surface area contributed by atoms with Crippen LogP contribution in [0.15, 0.2) is 72.8 Å². The third-order valence-corrected chi connectivity index (χ3v) is 6.65. The van der Waals surface area contributed by atoms with Gasteiger partial charge in [0.15, 0.2) is 11.5 Å². The highest BCUT2D eigenvalue weighted by molar-refractivity contribution is 7.80. The van der Waals surface area contributed by atoms with Crippen LogP contribution in [0.4, 0.5) is 0 Å². The Morgan fingerprint density at radius 2 is 1.69 bits per heavy atom. The molecule has 166 valence electrons. The molecule has 1 aliphatic rings. The molecule has 3 aromatic rings. The van der Waals surface area contributed by atoms with Gasteiger partial charge in [0.2, 0.25) is 0 Å². The van der Waals surface area contributed by atoms with E-state index in [4.69, 9.17) is 33.3 Å². The van der Waals surface area contributed by atoms with Gasteiger partial charge in [-0.1, -0.05) is 66.3 Å². The smallest absolute Gasteiger partial charge is 0.161 e. The van der Waals surface area contributed by atoms with Gasteiger partial charge < -0.3 is 19.5 Å². The number of methoxy groups -OCH3 is 1. The summed E-state index contributed by atoms with van der Waals surface area (Å²) in [4.78, 5) is 2.88. The average Bonchev–Trinajstić information content (AvgIpc) is 2.83. The summed E-state index contributed by atoms with van der Waals surface area (Å²) in [5, 5.41) is 11.8. The Labute approximate surface area is 199 Å². The molecule has 0 aromatic heterocycles. The highest BCUT2D eigenvalue weighted by atomic mass is 35.5. The quantitative estimate of drug-likeness (QED) is 0.479. The van der Waals surface area contributed by atoms with E-state index < -0.39 is 5.60 Å². The van der Waals surface area contributed by atoms with E-state index in [-0.39, 0.29) is 0 Å². The molecule has 1 aliphatic heterocycles. The average molecular weight is 468 g/mol. The number of benzene rings is 3. The van der Waals surface area contributed by atoms with Crippen LogP contribution in [0, 0.1) is 0 Å². The van der Waals surface area contributed by atoms with Crippen molar-refractivity contribution in [2.24, 2.45) is 0 Å². The molecule has 0 atom stereocenters. The predicted octanol–water partition coefficient (Wildman–Crippen LogP) is 5.59. The number of hydrogen-bond acceptors (Lipinski definition) is 4. The van der Waals surface area contributed by atoms with Crippen LogP contribution in [-0.2, 0) is 12.2 Å². The molecular formula is C26H26ClNO3S. The van der Waals surface area contributed by atoms with Crippen LogP contribution >= 0.6 is 23.8 Å². The number of likely N-dealkylation sites (tertiary alicyclic amines) is 1. The molecule has 3 aromatic carbocycles. The number of piperidine rings is 1. The Hall–Kier alpha value is -2.60. The van der Waals surface area contributed by atoms with Crippen molar-refractivity contribution in [3.63, 3.8) is 0 Å². The first-order chi connectivity index (χ1) is 15.5. The van der Waals surface area contributed by atoms with Crippen molar-refractivity contribution in [1.82, 2.24) is 4.90 Å². The van der Waals surface area contributed by atoms with Gasteiger partial charge in [-0.05, 0) is 54.3 Å². The maximum Gasteiger partial charge on any atom is 0.161 e. The maximum atomic E-state index is 11.1. The summed E-state index contributed by atoms with van der Waals surface area (Å²) in [7, 11) is 1.63. The Morgan fingerprint density at radius 3 is 2.34 bits per heavy atom.